The third-order valence-corrected chi connectivity index (χ3v) is 3.70. The average molecular weight is 324 g/mol. The van der Waals surface area contributed by atoms with Crippen LogP contribution in [0.3, 0.4) is 0 Å². The van der Waals surface area contributed by atoms with Crippen LogP contribution in [0.2, 0.25) is 10.0 Å². The molecule has 21 heavy (non-hydrogen) atoms. The van der Waals surface area contributed by atoms with Gasteiger partial charge in [0.05, 0.1) is 10.0 Å². The molecule has 4 nitrogen and oxygen atoms in total. The molecule has 2 aromatic rings. The Labute approximate surface area is 133 Å². The van der Waals surface area contributed by atoms with E-state index in [0.717, 1.165) is 5.69 Å². The van der Waals surface area contributed by atoms with Crippen molar-refractivity contribution >= 4 is 41.0 Å². The first kappa shape index (κ1) is 15.6. The molecule has 0 aliphatic carbocycles. The van der Waals surface area contributed by atoms with E-state index in [1.807, 2.05) is 19.9 Å². The quantitative estimate of drug-likeness (QED) is 0.814. The lowest BCUT2D eigenvalue weighted by atomic mass is 10.1. The van der Waals surface area contributed by atoms with Gasteiger partial charge in [-0.05, 0) is 23.6 Å². The van der Waals surface area contributed by atoms with E-state index >= 15 is 0 Å². The van der Waals surface area contributed by atoms with Gasteiger partial charge in [-0.2, -0.15) is 5.10 Å². The summed E-state index contributed by atoms with van der Waals surface area (Å²) in [7, 11) is 0. The number of aromatic nitrogens is 2. The van der Waals surface area contributed by atoms with Crippen LogP contribution in [-0.2, 0) is 4.79 Å². The maximum Gasteiger partial charge on any atom is 0.249 e. The molecule has 0 saturated heterocycles. The summed E-state index contributed by atoms with van der Waals surface area (Å²) in [5.74, 6) is 0.530. The number of nitrogens with one attached hydrogen (secondary N) is 2. The molecule has 0 spiro atoms. The van der Waals surface area contributed by atoms with Crippen LogP contribution in [0.5, 0.6) is 0 Å². The van der Waals surface area contributed by atoms with Crippen LogP contribution in [-0.4, -0.2) is 16.1 Å². The van der Waals surface area contributed by atoms with Crippen molar-refractivity contribution in [3.05, 3.63) is 51.6 Å². The SMILES string of the molecule is CC(C)c1cc(NC(=O)/C=C/c2cccc(Cl)c2Cl)n[nH]1. The maximum atomic E-state index is 11.8. The highest BCUT2D eigenvalue weighted by atomic mass is 35.5. The molecule has 0 radical (unpaired) electrons. The number of halogens is 2. The topological polar surface area (TPSA) is 57.8 Å². The highest BCUT2D eigenvalue weighted by Gasteiger charge is 2.06. The standard InChI is InChI=1S/C15H15Cl2N3O/c1-9(2)12-8-13(20-19-12)18-14(21)7-6-10-4-3-5-11(16)15(10)17/h3-9H,1-2H3,(H2,18,19,20,21)/b7-6+. The fraction of sp³-hybridized carbons (Fsp3) is 0.200. The van der Waals surface area contributed by atoms with Crippen molar-refractivity contribution < 1.29 is 4.79 Å². The van der Waals surface area contributed by atoms with Crippen molar-refractivity contribution in [2.45, 2.75) is 19.8 Å². The molecule has 0 fully saturated rings. The van der Waals surface area contributed by atoms with Crippen LogP contribution >= 0.6 is 23.2 Å². The Morgan fingerprint density at radius 2 is 2.14 bits per heavy atom. The molecule has 0 aliphatic heterocycles. The van der Waals surface area contributed by atoms with Crippen molar-refractivity contribution in [3.63, 3.8) is 0 Å². The van der Waals surface area contributed by atoms with Crippen molar-refractivity contribution in [1.29, 1.82) is 0 Å². The molecule has 0 aliphatic rings. The molecule has 2 rings (SSSR count). The number of amides is 1. The van der Waals surface area contributed by atoms with Gasteiger partial charge in [0.25, 0.3) is 0 Å². The maximum absolute atomic E-state index is 11.8. The van der Waals surface area contributed by atoms with Gasteiger partial charge in [0, 0.05) is 17.8 Å². The third-order valence-electron chi connectivity index (χ3n) is 2.87. The minimum Gasteiger partial charge on any atom is -0.306 e. The Balaban J connectivity index is 2.04. The van der Waals surface area contributed by atoms with Crippen LogP contribution in [0.25, 0.3) is 6.08 Å². The monoisotopic (exact) mass is 323 g/mol. The highest BCUT2D eigenvalue weighted by molar-refractivity contribution is 6.42. The molecule has 0 unspecified atom stereocenters. The van der Waals surface area contributed by atoms with E-state index in [1.165, 1.54) is 6.08 Å². The predicted octanol–water partition coefficient (Wildman–Crippen LogP) is 4.49. The number of rotatable bonds is 4. The molecular weight excluding hydrogens is 309 g/mol. The van der Waals surface area contributed by atoms with Crippen LogP contribution in [0.15, 0.2) is 30.3 Å². The molecule has 0 atom stereocenters. The number of benzene rings is 1. The molecule has 2 N–H and O–H groups in total. The second-order valence-corrected chi connectivity index (χ2v) is 5.61. The van der Waals surface area contributed by atoms with E-state index in [1.54, 1.807) is 24.3 Å². The van der Waals surface area contributed by atoms with Gasteiger partial charge in [-0.25, -0.2) is 0 Å². The summed E-state index contributed by atoms with van der Waals surface area (Å²) in [5, 5.41) is 10.5. The summed E-state index contributed by atoms with van der Waals surface area (Å²) >= 11 is 12.0. The summed E-state index contributed by atoms with van der Waals surface area (Å²) in [6, 6.07) is 7.05. The number of hydrogen-bond acceptors (Lipinski definition) is 2. The highest BCUT2D eigenvalue weighted by Crippen LogP contribution is 2.26. The Morgan fingerprint density at radius 1 is 1.38 bits per heavy atom. The smallest absolute Gasteiger partial charge is 0.249 e. The van der Waals surface area contributed by atoms with Gasteiger partial charge >= 0.3 is 0 Å². The van der Waals surface area contributed by atoms with Crippen LogP contribution in [0.4, 0.5) is 5.82 Å². The molecule has 110 valence electrons. The van der Waals surface area contributed by atoms with E-state index in [4.69, 9.17) is 23.2 Å². The molecule has 0 bridgehead atoms. The molecule has 1 aromatic heterocycles. The lowest BCUT2D eigenvalue weighted by Crippen LogP contribution is -2.07. The van der Waals surface area contributed by atoms with Gasteiger partial charge in [0.1, 0.15) is 0 Å². The third kappa shape index (κ3) is 4.09. The number of hydrogen-bond donors (Lipinski definition) is 2. The predicted molar refractivity (Wildman–Crippen MR) is 86.8 cm³/mol. The van der Waals surface area contributed by atoms with Crippen LogP contribution < -0.4 is 5.32 Å². The van der Waals surface area contributed by atoms with Crippen molar-refractivity contribution in [3.8, 4) is 0 Å². The summed E-state index contributed by atoms with van der Waals surface area (Å²) in [4.78, 5) is 11.8. The zero-order valence-corrected chi connectivity index (χ0v) is 13.2. The number of anilines is 1. The Hall–Kier alpha value is -1.78. The largest absolute Gasteiger partial charge is 0.306 e. The molecule has 1 aromatic carbocycles. The van der Waals surface area contributed by atoms with Crippen LogP contribution in [0.1, 0.15) is 31.0 Å². The van der Waals surface area contributed by atoms with Gasteiger partial charge in [0.15, 0.2) is 5.82 Å². The Bertz CT molecular complexity index is 677. The number of aromatic amines is 1. The summed E-state index contributed by atoms with van der Waals surface area (Å²) in [6.45, 7) is 4.08. The fourth-order valence-electron chi connectivity index (χ4n) is 1.68. The zero-order valence-electron chi connectivity index (χ0n) is 11.7. The normalized spacial score (nSPS) is 11.3. The Kier molecular flexibility index (Phi) is 5.04. The van der Waals surface area contributed by atoms with Crippen LogP contribution in [0, 0.1) is 0 Å². The number of carbonyl (C=O) groups is 1. The van der Waals surface area contributed by atoms with E-state index in [-0.39, 0.29) is 5.91 Å². The second kappa shape index (κ2) is 6.78. The summed E-state index contributed by atoms with van der Waals surface area (Å²) in [6.07, 6.45) is 3.00. The van der Waals surface area contributed by atoms with Gasteiger partial charge in [-0.3, -0.25) is 9.89 Å². The van der Waals surface area contributed by atoms with E-state index in [9.17, 15) is 4.79 Å². The number of H-pyrrole nitrogens is 1. The summed E-state index contributed by atoms with van der Waals surface area (Å²) < 4.78 is 0. The number of carbonyl (C=O) groups excluding carboxylic acids is 1. The minimum absolute atomic E-state index is 0.284. The Morgan fingerprint density at radius 3 is 2.81 bits per heavy atom. The lowest BCUT2D eigenvalue weighted by molar-refractivity contribution is -0.111. The summed E-state index contributed by atoms with van der Waals surface area (Å²) in [5.41, 5.74) is 1.65. The second-order valence-electron chi connectivity index (χ2n) is 4.83. The zero-order chi connectivity index (χ0) is 15.4. The van der Waals surface area contributed by atoms with Gasteiger partial charge in [-0.15, -0.1) is 0 Å². The van der Waals surface area contributed by atoms with E-state index in [2.05, 4.69) is 15.5 Å². The fourth-order valence-corrected chi connectivity index (χ4v) is 2.05. The van der Waals surface area contributed by atoms with E-state index in [0.29, 0.717) is 27.3 Å². The average Bonchev–Trinajstić information content (AvgIpc) is 2.89. The van der Waals surface area contributed by atoms with E-state index < -0.39 is 0 Å². The molecule has 6 heteroatoms. The van der Waals surface area contributed by atoms with Crippen molar-refractivity contribution in [2.24, 2.45) is 0 Å². The first-order valence-corrected chi connectivity index (χ1v) is 7.21. The first-order valence-electron chi connectivity index (χ1n) is 6.45. The molecule has 1 amide bonds. The molecular formula is C15H15Cl2N3O. The van der Waals surface area contributed by atoms with Gasteiger partial charge in [-0.1, -0.05) is 49.2 Å². The number of nitrogens with zero attached hydrogens (tertiary/aromatic N) is 1. The van der Waals surface area contributed by atoms with Gasteiger partial charge in [0.2, 0.25) is 5.91 Å². The minimum atomic E-state index is -0.284. The lowest BCUT2D eigenvalue weighted by Gasteiger charge is -2.00. The van der Waals surface area contributed by atoms with Crippen molar-refractivity contribution in [2.75, 3.05) is 5.32 Å². The molecule has 0 saturated carbocycles. The van der Waals surface area contributed by atoms with Crippen molar-refractivity contribution in [1.82, 2.24) is 10.2 Å². The van der Waals surface area contributed by atoms with Gasteiger partial charge < -0.3 is 5.32 Å². The first-order chi connectivity index (χ1) is 9.97. The molecule has 1 heterocycles.